The van der Waals surface area contributed by atoms with Crippen molar-refractivity contribution < 1.29 is 70.1 Å². The molecule has 0 aromatic heterocycles. The first-order valence-corrected chi connectivity index (χ1v) is 11.5. The van der Waals surface area contributed by atoms with E-state index in [1.165, 1.54) is 0 Å². The molecule has 1 aliphatic carbocycles. The highest BCUT2D eigenvalue weighted by Crippen LogP contribution is 2.36. The highest BCUT2D eigenvalue weighted by Gasteiger charge is 2.64. The van der Waals surface area contributed by atoms with Gasteiger partial charge in [0.1, 0.15) is 0 Å². The molecule has 0 saturated heterocycles. The maximum Gasteiger partial charge on any atom is 0.451 e. The van der Waals surface area contributed by atoms with E-state index in [2.05, 4.69) is 0 Å². The Morgan fingerprint density at radius 1 is 0.647 bits per heavy atom. The van der Waals surface area contributed by atoms with E-state index in [0.717, 1.165) is 0 Å². The lowest BCUT2D eigenvalue weighted by atomic mass is 9.88. The number of imide groups is 2. The van der Waals surface area contributed by atoms with Crippen LogP contribution in [0.4, 0.5) is 34.1 Å². The molecular weight excluding hydrogens is 540 g/mol. The molecule has 1 fully saturated rings. The normalized spacial score (nSPS) is 19.9. The number of hydrogen-bond donors (Lipinski definition) is 0. The van der Waals surface area contributed by atoms with Gasteiger partial charge in [-0.05, 0) is 25.7 Å². The van der Waals surface area contributed by atoms with Crippen molar-refractivity contribution in [2.75, 3.05) is 13.3 Å². The molecule has 0 bridgehead atoms. The van der Waals surface area contributed by atoms with Gasteiger partial charge in [0.2, 0.25) is 0 Å². The highest BCUT2D eigenvalue weighted by molar-refractivity contribution is 7.88. The van der Waals surface area contributed by atoms with Crippen LogP contribution in [0.3, 0.4) is 0 Å². The molecule has 0 unspecified atom stereocenters. The molecule has 0 radical (unpaired) electrons. The van der Waals surface area contributed by atoms with Crippen LogP contribution in [0.5, 0.6) is 0 Å². The molecule has 20 heteroatoms. The summed E-state index contributed by atoms with van der Waals surface area (Å²) in [7, 11) is -14.4. The Balaban J connectivity index is 3.42. The topological polar surface area (TPSA) is 143 Å². The van der Waals surface area contributed by atoms with Gasteiger partial charge in [-0.25, -0.2) is 8.78 Å². The molecule has 196 valence electrons. The average molecular weight is 554 g/mol. The number of halogens is 8. The van der Waals surface area contributed by atoms with Crippen LogP contribution >= 0.6 is 0 Å². The Bertz CT molecular complexity index is 986. The van der Waals surface area contributed by atoms with Crippen molar-refractivity contribution in [2.24, 2.45) is 0 Å². The van der Waals surface area contributed by atoms with Crippen LogP contribution in [-0.2, 0) is 39.6 Å². The maximum absolute atomic E-state index is 13.7. The maximum atomic E-state index is 13.7. The van der Waals surface area contributed by atoms with Crippen molar-refractivity contribution in [3.8, 4) is 0 Å². The lowest BCUT2D eigenvalue weighted by Crippen LogP contribution is -2.60. The first-order chi connectivity index (χ1) is 15.3. The summed E-state index contributed by atoms with van der Waals surface area (Å²) in [6.45, 7) is -3.59. The number of carbonyl (C=O) groups excluding carboxylic acids is 4. The van der Waals surface area contributed by atoms with Crippen LogP contribution in [0.2, 0.25) is 0 Å². The molecule has 0 aliphatic heterocycles. The van der Waals surface area contributed by atoms with Crippen LogP contribution in [0.1, 0.15) is 25.7 Å². The number of nitrogens with zero attached hydrogens (tertiary/aromatic N) is 2. The molecule has 0 spiro atoms. The first-order valence-electron chi connectivity index (χ1n) is 8.74. The van der Waals surface area contributed by atoms with Crippen LogP contribution in [0, 0.1) is 0 Å². The van der Waals surface area contributed by atoms with Crippen molar-refractivity contribution in [3.63, 3.8) is 0 Å². The van der Waals surface area contributed by atoms with Gasteiger partial charge in [0.15, 0.2) is 13.3 Å². The SMILES string of the molecule is O=C(CF)N(C(=O)CF)C1CCC(N(C(=O)C(F)(F)S(=O)(=O)F)C(=O)C(F)(F)S(=O)(=O)F)CC1. The molecule has 0 aromatic carbocycles. The summed E-state index contributed by atoms with van der Waals surface area (Å²) in [5.41, 5.74) is 0. The predicted molar refractivity (Wildman–Crippen MR) is 91.6 cm³/mol. The van der Waals surface area contributed by atoms with Gasteiger partial charge in [0.05, 0.1) is 0 Å². The van der Waals surface area contributed by atoms with Gasteiger partial charge in [-0.1, -0.05) is 7.77 Å². The van der Waals surface area contributed by atoms with E-state index in [-0.39, 0.29) is 4.90 Å². The molecule has 0 N–H and O–H groups in total. The van der Waals surface area contributed by atoms with E-state index in [0.29, 0.717) is 0 Å². The Morgan fingerprint density at radius 3 is 1.15 bits per heavy atom. The fourth-order valence-corrected chi connectivity index (χ4v) is 3.78. The zero-order chi connectivity index (χ0) is 26.9. The second-order valence-electron chi connectivity index (χ2n) is 6.78. The Labute approximate surface area is 186 Å². The Hall–Kier alpha value is -2.38. The van der Waals surface area contributed by atoms with E-state index < -0.39 is 111 Å². The average Bonchev–Trinajstić information content (AvgIpc) is 2.72. The lowest BCUT2D eigenvalue weighted by molar-refractivity contribution is -0.168. The minimum Gasteiger partial charge on any atom is -0.275 e. The number of amides is 4. The molecule has 0 aromatic rings. The number of carbonyl (C=O) groups is 4. The summed E-state index contributed by atoms with van der Waals surface area (Å²) in [4.78, 5) is 45.7. The van der Waals surface area contributed by atoms with Gasteiger partial charge >= 0.3 is 42.8 Å². The molecule has 0 heterocycles. The molecule has 10 nitrogen and oxygen atoms in total. The Morgan fingerprint density at radius 2 is 0.912 bits per heavy atom. The first kappa shape index (κ1) is 29.7. The second-order valence-corrected chi connectivity index (χ2v) is 9.55. The molecular formula is C14H14F8N2O8S2. The third-order valence-corrected chi connectivity index (χ3v) is 6.28. The molecule has 1 saturated carbocycles. The number of alkyl halides is 6. The van der Waals surface area contributed by atoms with Crippen molar-refractivity contribution in [2.45, 2.75) is 48.3 Å². The molecule has 34 heavy (non-hydrogen) atoms. The quantitative estimate of drug-likeness (QED) is 0.316. The van der Waals surface area contributed by atoms with Crippen molar-refractivity contribution in [1.82, 2.24) is 9.80 Å². The van der Waals surface area contributed by atoms with Gasteiger partial charge in [0, 0.05) is 12.1 Å². The standard InChI is InChI=1S/C14H14F8N2O8S2/c15-5-9(25)23(10(26)6-16)7-1-3-8(4-2-7)24(11(27)13(17,18)33(21,29)30)12(28)14(19,20)34(22,31)32/h7-8H,1-6H2. The van der Waals surface area contributed by atoms with Crippen molar-refractivity contribution >= 4 is 44.1 Å². The summed E-state index contributed by atoms with van der Waals surface area (Å²) in [6, 6.07) is -3.66. The van der Waals surface area contributed by atoms with Crippen LogP contribution in [-0.4, -0.2) is 86.2 Å². The predicted octanol–water partition coefficient (Wildman–Crippen LogP) is 0.731. The van der Waals surface area contributed by atoms with Gasteiger partial charge < -0.3 is 0 Å². The smallest absolute Gasteiger partial charge is 0.275 e. The monoisotopic (exact) mass is 554 g/mol. The zero-order valence-corrected chi connectivity index (χ0v) is 18.0. The molecule has 4 amide bonds. The van der Waals surface area contributed by atoms with Gasteiger partial charge in [-0.15, -0.1) is 0 Å². The number of hydrogen-bond acceptors (Lipinski definition) is 8. The van der Waals surface area contributed by atoms with E-state index in [9.17, 15) is 70.1 Å². The zero-order valence-electron chi connectivity index (χ0n) is 16.4. The third-order valence-electron chi connectivity index (χ3n) is 4.71. The highest BCUT2D eigenvalue weighted by atomic mass is 32.3. The second kappa shape index (κ2) is 10.1. The van der Waals surface area contributed by atoms with Crippen molar-refractivity contribution in [3.05, 3.63) is 0 Å². The fraction of sp³-hybridized carbons (Fsp3) is 0.714. The minimum atomic E-state index is -7.20. The van der Waals surface area contributed by atoms with Gasteiger partial charge in [0.25, 0.3) is 11.8 Å². The molecule has 0 atom stereocenters. The summed E-state index contributed by atoms with van der Waals surface area (Å²) >= 11 is 0. The Kier molecular flexibility index (Phi) is 8.79. The van der Waals surface area contributed by atoms with E-state index in [1.807, 2.05) is 0 Å². The third kappa shape index (κ3) is 5.63. The number of rotatable bonds is 8. The largest absolute Gasteiger partial charge is 0.451 e. The van der Waals surface area contributed by atoms with Crippen LogP contribution < -0.4 is 0 Å². The van der Waals surface area contributed by atoms with E-state index in [1.54, 1.807) is 0 Å². The van der Waals surface area contributed by atoms with Crippen LogP contribution in [0.15, 0.2) is 0 Å². The minimum absolute atomic E-state index is 0.0749. The van der Waals surface area contributed by atoms with E-state index in [4.69, 9.17) is 0 Å². The molecule has 1 aliphatic rings. The molecule has 1 rings (SSSR count). The summed E-state index contributed by atoms with van der Waals surface area (Å²) in [5, 5.41) is -12.4. The summed E-state index contributed by atoms with van der Waals surface area (Å²) in [5.74, 6) is -10.0. The summed E-state index contributed by atoms with van der Waals surface area (Å²) in [6.07, 6.45) is -3.33. The lowest BCUT2D eigenvalue weighted by Gasteiger charge is -2.39. The van der Waals surface area contributed by atoms with Gasteiger partial charge in [-0.2, -0.15) is 34.4 Å². The van der Waals surface area contributed by atoms with Crippen molar-refractivity contribution in [1.29, 1.82) is 0 Å². The van der Waals surface area contributed by atoms with Crippen LogP contribution in [0.25, 0.3) is 0 Å². The van der Waals surface area contributed by atoms with Gasteiger partial charge in [-0.3, -0.25) is 29.0 Å². The van der Waals surface area contributed by atoms with E-state index >= 15 is 0 Å². The fourth-order valence-electron chi connectivity index (χ4n) is 3.16. The summed E-state index contributed by atoms with van der Waals surface area (Å²) < 4.78 is 148.